The second-order valence-electron chi connectivity index (χ2n) is 6.46. The highest BCUT2D eigenvalue weighted by Gasteiger charge is 2.14. The van der Waals surface area contributed by atoms with Crippen LogP contribution in [0.1, 0.15) is 11.3 Å². The van der Waals surface area contributed by atoms with E-state index in [0.717, 1.165) is 49.9 Å². The lowest BCUT2D eigenvalue weighted by atomic mass is 10.1. The molecule has 2 aromatic carbocycles. The summed E-state index contributed by atoms with van der Waals surface area (Å²) < 4.78 is 11.4. The summed E-state index contributed by atoms with van der Waals surface area (Å²) in [5, 5.41) is 3.51. The Balaban J connectivity index is 1.37. The molecule has 1 N–H and O–H groups in total. The van der Waals surface area contributed by atoms with Gasteiger partial charge in [-0.3, -0.25) is 0 Å². The molecule has 0 bridgehead atoms. The number of hydrogen-bond acceptors (Lipinski definition) is 4. The first-order valence-corrected chi connectivity index (χ1v) is 9.15. The van der Waals surface area contributed by atoms with Gasteiger partial charge in [0.15, 0.2) is 0 Å². The molecule has 0 atom stereocenters. The van der Waals surface area contributed by atoms with Crippen molar-refractivity contribution in [3.63, 3.8) is 0 Å². The number of morpholine rings is 1. The van der Waals surface area contributed by atoms with E-state index in [1.165, 1.54) is 11.3 Å². The third kappa shape index (κ3) is 3.98. The van der Waals surface area contributed by atoms with Crippen LogP contribution in [0.5, 0.6) is 0 Å². The maximum Gasteiger partial charge on any atom is 0.134 e. The van der Waals surface area contributed by atoms with Gasteiger partial charge >= 0.3 is 0 Å². The zero-order valence-corrected chi connectivity index (χ0v) is 14.9. The lowest BCUT2D eigenvalue weighted by Gasteiger charge is -2.30. The first kappa shape index (κ1) is 16.9. The van der Waals surface area contributed by atoms with Crippen LogP contribution in [0.2, 0.25) is 0 Å². The molecular formula is C22H24N2O2. The summed E-state index contributed by atoms with van der Waals surface area (Å²) in [6.45, 7) is 5.04. The average Bonchev–Trinajstić information content (AvgIpc) is 3.19. The molecule has 1 saturated heterocycles. The van der Waals surface area contributed by atoms with Crippen LogP contribution in [0.4, 0.5) is 5.69 Å². The highest BCUT2D eigenvalue weighted by molar-refractivity contribution is 5.57. The third-order valence-corrected chi connectivity index (χ3v) is 4.68. The monoisotopic (exact) mass is 348 g/mol. The average molecular weight is 348 g/mol. The number of benzene rings is 2. The molecule has 0 radical (unpaired) electrons. The van der Waals surface area contributed by atoms with Gasteiger partial charge in [-0.1, -0.05) is 48.5 Å². The van der Waals surface area contributed by atoms with Gasteiger partial charge in [-0.15, -0.1) is 0 Å². The minimum Gasteiger partial charge on any atom is -0.460 e. The van der Waals surface area contributed by atoms with E-state index in [1.807, 2.05) is 30.3 Å². The molecule has 1 aliphatic heterocycles. The van der Waals surface area contributed by atoms with Crippen molar-refractivity contribution in [2.24, 2.45) is 0 Å². The van der Waals surface area contributed by atoms with Crippen molar-refractivity contribution in [1.82, 2.24) is 5.32 Å². The highest BCUT2D eigenvalue weighted by atomic mass is 16.5. The number of rotatable bonds is 6. The van der Waals surface area contributed by atoms with Crippen LogP contribution in [0.3, 0.4) is 0 Å². The van der Waals surface area contributed by atoms with Crippen molar-refractivity contribution in [2.45, 2.75) is 13.1 Å². The number of nitrogens with one attached hydrogen (secondary N) is 1. The van der Waals surface area contributed by atoms with Gasteiger partial charge in [0.25, 0.3) is 0 Å². The van der Waals surface area contributed by atoms with Crippen LogP contribution in [0.25, 0.3) is 11.3 Å². The fraction of sp³-hybridized carbons (Fsp3) is 0.273. The molecule has 1 fully saturated rings. The highest BCUT2D eigenvalue weighted by Crippen LogP contribution is 2.23. The Bertz CT molecular complexity index is 823. The Kier molecular flexibility index (Phi) is 5.33. The molecule has 1 aromatic heterocycles. The van der Waals surface area contributed by atoms with Crippen LogP contribution in [-0.4, -0.2) is 26.3 Å². The number of hydrogen-bond donors (Lipinski definition) is 1. The van der Waals surface area contributed by atoms with E-state index in [4.69, 9.17) is 9.15 Å². The van der Waals surface area contributed by atoms with Gasteiger partial charge in [-0.05, 0) is 23.8 Å². The second-order valence-corrected chi connectivity index (χ2v) is 6.46. The molecule has 4 nitrogen and oxygen atoms in total. The first-order valence-electron chi connectivity index (χ1n) is 9.15. The van der Waals surface area contributed by atoms with E-state index in [-0.39, 0.29) is 0 Å². The predicted molar refractivity (Wildman–Crippen MR) is 104 cm³/mol. The number of anilines is 1. The maximum atomic E-state index is 5.96. The minimum atomic E-state index is 0.713. The Labute approximate surface area is 154 Å². The van der Waals surface area contributed by atoms with Crippen molar-refractivity contribution in [2.75, 3.05) is 31.2 Å². The van der Waals surface area contributed by atoms with Gasteiger partial charge in [0, 0.05) is 30.9 Å². The maximum absolute atomic E-state index is 5.96. The van der Waals surface area contributed by atoms with Gasteiger partial charge in [-0.25, -0.2) is 0 Å². The van der Waals surface area contributed by atoms with Gasteiger partial charge in [0.05, 0.1) is 19.8 Å². The van der Waals surface area contributed by atoms with Crippen LogP contribution in [0, 0.1) is 0 Å². The van der Waals surface area contributed by atoms with Crippen LogP contribution in [0.15, 0.2) is 71.1 Å². The molecule has 26 heavy (non-hydrogen) atoms. The molecule has 0 unspecified atom stereocenters. The zero-order chi connectivity index (χ0) is 17.6. The summed E-state index contributed by atoms with van der Waals surface area (Å²) in [7, 11) is 0. The summed E-state index contributed by atoms with van der Waals surface area (Å²) in [5.41, 5.74) is 3.72. The fourth-order valence-electron chi connectivity index (χ4n) is 3.32. The Morgan fingerprint density at radius 3 is 2.42 bits per heavy atom. The first-order chi connectivity index (χ1) is 12.9. The van der Waals surface area contributed by atoms with E-state index in [1.54, 1.807) is 0 Å². The van der Waals surface area contributed by atoms with Crippen molar-refractivity contribution in [1.29, 1.82) is 0 Å². The molecule has 0 spiro atoms. The second kappa shape index (κ2) is 8.21. The van der Waals surface area contributed by atoms with E-state index < -0.39 is 0 Å². The number of furan rings is 1. The molecule has 4 rings (SSSR count). The SMILES string of the molecule is c1ccc(-c2ccc(CNCc3ccccc3N3CCOCC3)o2)cc1. The van der Waals surface area contributed by atoms with Crippen LogP contribution in [-0.2, 0) is 17.8 Å². The van der Waals surface area contributed by atoms with Crippen molar-refractivity contribution in [3.05, 3.63) is 78.1 Å². The Morgan fingerprint density at radius 2 is 1.58 bits per heavy atom. The molecule has 0 amide bonds. The number of para-hydroxylation sites is 1. The van der Waals surface area contributed by atoms with Crippen molar-refractivity contribution < 1.29 is 9.15 Å². The third-order valence-electron chi connectivity index (χ3n) is 4.68. The zero-order valence-electron chi connectivity index (χ0n) is 14.9. The molecule has 2 heterocycles. The van der Waals surface area contributed by atoms with E-state index in [9.17, 15) is 0 Å². The van der Waals surface area contributed by atoms with E-state index in [2.05, 4.69) is 46.6 Å². The standard InChI is InChI=1S/C22H24N2O2/c1-2-6-18(7-3-1)22-11-10-20(26-22)17-23-16-19-8-4-5-9-21(19)24-12-14-25-15-13-24/h1-11,23H,12-17H2. The number of ether oxygens (including phenoxy) is 1. The lowest BCUT2D eigenvalue weighted by Crippen LogP contribution is -2.37. The molecule has 3 aromatic rings. The predicted octanol–water partition coefficient (Wildman–Crippen LogP) is 4.07. The smallest absolute Gasteiger partial charge is 0.134 e. The summed E-state index contributed by atoms with van der Waals surface area (Å²) in [6.07, 6.45) is 0. The van der Waals surface area contributed by atoms with Gasteiger partial charge < -0.3 is 19.4 Å². The number of nitrogens with zero attached hydrogens (tertiary/aromatic N) is 1. The summed E-state index contributed by atoms with van der Waals surface area (Å²) >= 11 is 0. The van der Waals surface area contributed by atoms with Crippen molar-refractivity contribution >= 4 is 5.69 Å². The van der Waals surface area contributed by atoms with Crippen molar-refractivity contribution in [3.8, 4) is 11.3 Å². The van der Waals surface area contributed by atoms with Gasteiger partial charge in [0.2, 0.25) is 0 Å². The summed E-state index contributed by atoms with van der Waals surface area (Å²) in [6, 6.07) is 22.9. The molecule has 1 aliphatic rings. The summed E-state index contributed by atoms with van der Waals surface area (Å²) in [5.74, 6) is 1.86. The molecule has 0 saturated carbocycles. The molecule has 4 heteroatoms. The summed E-state index contributed by atoms with van der Waals surface area (Å²) in [4.78, 5) is 2.40. The Hall–Kier alpha value is -2.56. The Morgan fingerprint density at radius 1 is 0.808 bits per heavy atom. The van der Waals surface area contributed by atoms with Crippen LogP contribution < -0.4 is 10.2 Å². The minimum absolute atomic E-state index is 0.713. The largest absolute Gasteiger partial charge is 0.460 e. The lowest BCUT2D eigenvalue weighted by molar-refractivity contribution is 0.122. The quantitative estimate of drug-likeness (QED) is 0.729. The van der Waals surface area contributed by atoms with E-state index >= 15 is 0 Å². The molecule has 0 aliphatic carbocycles. The normalized spacial score (nSPS) is 14.5. The van der Waals surface area contributed by atoms with E-state index in [0.29, 0.717) is 6.54 Å². The van der Waals surface area contributed by atoms with Crippen LogP contribution >= 0.6 is 0 Å². The fourth-order valence-corrected chi connectivity index (χ4v) is 3.32. The molecule has 134 valence electrons. The molecular weight excluding hydrogens is 324 g/mol. The van der Waals surface area contributed by atoms with Gasteiger partial charge in [-0.2, -0.15) is 0 Å². The van der Waals surface area contributed by atoms with Gasteiger partial charge in [0.1, 0.15) is 11.5 Å². The topological polar surface area (TPSA) is 37.6 Å².